The summed E-state index contributed by atoms with van der Waals surface area (Å²) in [4.78, 5) is 0. The van der Waals surface area contributed by atoms with E-state index in [9.17, 15) is 0 Å². The minimum absolute atomic E-state index is 0. The third-order valence-electron chi connectivity index (χ3n) is 4.66. The average molecular weight is 358 g/mol. The molecule has 3 rings (SSSR count). The molecule has 0 saturated carbocycles. The first kappa shape index (κ1) is 19.5. The van der Waals surface area contributed by atoms with E-state index in [0.717, 1.165) is 44.7 Å². The maximum Gasteiger partial charge on any atom is 0.119 e. The third-order valence-corrected chi connectivity index (χ3v) is 4.66. The second-order valence-electron chi connectivity index (χ2n) is 6.12. The van der Waals surface area contributed by atoms with Crippen LogP contribution >= 0.6 is 12.4 Å². The molecule has 0 aliphatic carbocycles. The summed E-state index contributed by atoms with van der Waals surface area (Å²) in [5, 5.41) is 3.42. The number of benzene rings is 1. The lowest BCUT2D eigenvalue weighted by Crippen LogP contribution is -2.44. The van der Waals surface area contributed by atoms with Gasteiger partial charge in [0.2, 0.25) is 0 Å². The smallest absolute Gasteiger partial charge is 0.119 e. The highest BCUT2D eigenvalue weighted by molar-refractivity contribution is 5.85. The average Bonchev–Trinajstić information content (AvgIpc) is 2.59. The number of piperidine rings is 1. The number of hydrogen-bond acceptors (Lipinski definition) is 5. The van der Waals surface area contributed by atoms with Crippen LogP contribution in [0.25, 0.3) is 0 Å². The topological polar surface area (TPSA) is 49.0 Å². The van der Waals surface area contributed by atoms with Crippen LogP contribution in [-0.4, -0.2) is 53.2 Å². The van der Waals surface area contributed by atoms with Crippen LogP contribution in [0.5, 0.6) is 5.75 Å². The highest BCUT2D eigenvalue weighted by atomic mass is 35.5. The van der Waals surface area contributed by atoms with E-state index in [2.05, 4.69) is 23.5 Å². The molecule has 2 aliphatic heterocycles. The molecule has 1 aromatic rings. The maximum atomic E-state index is 6.20. The van der Waals surface area contributed by atoms with E-state index in [1.54, 1.807) is 7.11 Å². The van der Waals surface area contributed by atoms with Crippen LogP contribution in [0, 0.1) is 0 Å². The largest absolute Gasteiger partial charge is 0.491 e. The highest BCUT2D eigenvalue weighted by Gasteiger charge is 2.38. The molecule has 5 nitrogen and oxygen atoms in total. The Kier molecular flexibility index (Phi) is 7.78. The lowest BCUT2D eigenvalue weighted by Gasteiger charge is -2.42. The van der Waals surface area contributed by atoms with Gasteiger partial charge in [-0.2, -0.15) is 0 Å². The van der Waals surface area contributed by atoms with Gasteiger partial charge in [0, 0.05) is 7.11 Å². The van der Waals surface area contributed by atoms with Gasteiger partial charge in [0.1, 0.15) is 12.4 Å². The molecule has 2 heterocycles. The molecule has 0 atom stereocenters. The summed E-state index contributed by atoms with van der Waals surface area (Å²) in [5.41, 5.74) is 2.64. The van der Waals surface area contributed by atoms with Crippen molar-refractivity contribution in [2.75, 3.05) is 53.2 Å². The van der Waals surface area contributed by atoms with Crippen molar-refractivity contribution >= 4 is 12.4 Å². The van der Waals surface area contributed by atoms with Crippen LogP contribution in [0.3, 0.4) is 0 Å². The normalized spacial score (nSPS) is 18.7. The van der Waals surface area contributed by atoms with Gasteiger partial charge < -0.3 is 24.3 Å². The summed E-state index contributed by atoms with van der Waals surface area (Å²) in [7, 11) is 1.67. The Morgan fingerprint density at radius 1 is 1.12 bits per heavy atom. The van der Waals surface area contributed by atoms with E-state index in [0.29, 0.717) is 26.4 Å². The number of rotatable bonds is 7. The van der Waals surface area contributed by atoms with Gasteiger partial charge in [-0.1, -0.05) is 6.07 Å². The molecule has 2 aliphatic rings. The molecule has 0 unspecified atom stereocenters. The Morgan fingerprint density at radius 2 is 1.92 bits per heavy atom. The Bertz CT molecular complexity index is 506. The fourth-order valence-electron chi connectivity index (χ4n) is 3.45. The Hall–Kier alpha value is -0.850. The van der Waals surface area contributed by atoms with E-state index in [-0.39, 0.29) is 18.0 Å². The quantitative estimate of drug-likeness (QED) is 0.759. The molecule has 0 bridgehead atoms. The number of fused-ring (bicyclic) bond motifs is 2. The highest BCUT2D eigenvalue weighted by Crippen LogP contribution is 2.41. The molecule has 1 aromatic carbocycles. The molecule has 1 spiro atoms. The Labute approximate surface area is 150 Å². The zero-order valence-electron chi connectivity index (χ0n) is 14.3. The Balaban J connectivity index is 0.00000208. The van der Waals surface area contributed by atoms with Crippen molar-refractivity contribution in [2.45, 2.75) is 24.9 Å². The molecule has 1 fully saturated rings. The lowest BCUT2D eigenvalue weighted by atomic mass is 9.80. The van der Waals surface area contributed by atoms with Crippen molar-refractivity contribution in [3.05, 3.63) is 29.3 Å². The van der Waals surface area contributed by atoms with Crippen LogP contribution in [-0.2, 0) is 26.2 Å². The summed E-state index contributed by atoms with van der Waals surface area (Å²) in [6, 6.07) is 6.43. The number of ether oxygens (including phenoxy) is 4. The van der Waals surface area contributed by atoms with Gasteiger partial charge in [-0.15, -0.1) is 12.4 Å². The zero-order chi connectivity index (χ0) is 16.0. The first-order chi connectivity index (χ1) is 11.3. The van der Waals surface area contributed by atoms with Crippen LogP contribution in [0.2, 0.25) is 0 Å². The summed E-state index contributed by atoms with van der Waals surface area (Å²) >= 11 is 0. The monoisotopic (exact) mass is 357 g/mol. The summed E-state index contributed by atoms with van der Waals surface area (Å²) in [6.45, 7) is 5.23. The van der Waals surface area contributed by atoms with Crippen LogP contribution in [0.15, 0.2) is 18.2 Å². The number of halogens is 1. The first-order valence-electron chi connectivity index (χ1n) is 8.52. The molecule has 1 saturated heterocycles. The van der Waals surface area contributed by atoms with Crippen molar-refractivity contribution in [1.82, 2.24) is 5.32 Å². The molecular formula is C18H28ClNO4. The predicted octanol–water partition coefficient (Wildman–Crippen LogP) is 2.30. The first-order valence-corrected chi connectivity index (χ1v) is 8.52. The van der Waals surface area contributed by atoms with Crippen molar-refractivity contribution in [1.29, 1.82) is 0 Å². The fraction of sp³-hybridized carbons (Fsp3) is 0.667. The van der Waals surface area contributed by atoms with Crippen LogP contribution in [0.1, 0.15) is 24.0 Å². The van der Waals surface area contributed by atoms with Crippen molar-refractivity contribution in [3.8, 4) is 5.75 Å². The number of hydrogen-bond donors (Lipinski definition) is 1. The molecule has 24 heavy (non-hydrogen) atoms. The van der Waals surface area contributed by atoms with Gasteiger partial charge in [-0.05, 0) is 55.6 Å². The van der Waals surface area contributed by atoms with Gasteiger partial charge in [-0.3, -0.25) is 0 Å². The number of methoxy groups -OCH3 is 1. The summed E-state index contributed by atoms with van der Waals surface area (Å²) in [5.74, 6) is 0.921. The van der Waals surface area contributed by atoms with Crippen LogP contribution in [0.4, 0.5) is 0 Å². The second kappa shape index (κ2) is 9.59. The van der Waals surface area contributed by atoms with E-state index < -0.39 is 0 Å². The molecule has 6 heteroatoms. The lowest BCUT2D eigenvalue weighted by molar-refractivity contribution is -0.0802. The van der Waals surface area contributed by atoms with Crippen LogP contribution < -0.4 is 10.1 Å². The minimum Gasteiger partial charge on any atom is -0.491 e. The van der Waals surface area contributed by atoms with Gasteiger partial charge in [0.15, 0.2) is 0 Å². The molecule has 0 radical (unpaired) electrons. The van der Waals surface area contributed by atoms with Crippen molar-refractivity contribution in [3.63, 3.8) is 0 Å². The third kappa shape index (κ3) is 4.61. The zero-order valence-corrected chi connectivity index (χ0v) is 15.2. The standard InChI is InChI=1S/C18H27NO4.ClH/c1-20-10-11-21-12-13-22-16-2-3-17-15(14-16)4-9-23-18(17)5-7-19-8-6-18;/h2-3,14,19H,4-13H2,1H3;1H. The summed E-state index contributed by atoms with van der Waals surface area (Å²) in [6.07, 6.45) is 3.06. The maximum absolute atomic E-state index is 6.20. The van der Waals surface area contributed by atoms with Gasteiger partial charge in [-0.25, -0.2) is 0 Å². The van der Waals surface area contributed by atoms with Crippen molar-refractivity contribution in [2.24, 2.45) is 0 Å². The molecule has 136 valence electrons. The molecular weight excluding hydrogens is 330 g/mol. The van der Waals surface area contributed by atoms with Gasteiger partial charge in [0.05, 0.1) is 32.0 Å². The fourth-order valence-corrected chi connectivity index (χ4v) is 3.45. The Morgan fingerprint density at radius 3 is 2.71 bits per heavy atom. The minimum atomic E-state index is -0.0827. The van der Waals surface area contributed by atoms with E-state index >= 15 is 0 Å². The SMILES string of the molecule is COCCOCCOc1ccc2c(c1)CCOC21CCNCC1.Cl. The summed E-state index contributed by atoms with van der Waals surface area (Å²) < 4.78 is 22.4. The second-order valence-corrected chi connectivity index (χ2v) is 6.12. The van der Waals surface area contributed by atoms with Gasteiger partial charge >= 0.3 is 0 Å². The van der Waals surface area contributed by atoms with Crippen molar-refractivity contribution < 1.29 is 18.9 Å². The van der Waals surface area contributed by atoms with E-state index in [4.69, 9.17) is 18.9 Å². The van der Waals surface area contributed by atoms with E-state index in [1.165, 1.54) is 11.1 Å². The number of nitrogens with one attached hydrogen (secondary N) is 1. The predicted molar refractivity (Wildman–Crippen MR) is 95.3 cm³/mol. The van der Waals surface area contributed by atoms with Gasteiger partial charge in [0.25, 0.3) is 0 Å². The molecule has 1 N–H and O–H groups in total. The van der Waals surface area contributed by atoms with E-state index in [1.807, 2.05) is 0 Å². The molecule has 0 aromatic heterocycles. The molecule has 0 amide bonds.